The zero-order chi connectivity index (χ0) is 6.69. The van der Waals surface area contributed by atoms with Gasteiger partial charge in [0, 0.05) is 0 Å². The highest BCUT2D eigenvalue weighted by molar-refractivity contribution is 4.72. The first kappa shape index (κ1) is 6.72. The third-order valence-corrected chi connectivity index (χ3v) is 2.17. The van der Waals surface area contributed by atoms with Crippen LogP contribution >= 0.6 is 0 Å². The van der Waals surface area contributed by atoms with Crippen molar-refractivity contribution in [3.63, 3.8) is 0 Å². The van der Waals surface area contributed by atoms with Gasteiger partial charge in [0.15, 0.2) is 0 Å². The standard InChI is InChI=1S/C7H14N2/c1-6-2-4-7(9-8)5-3-6/h6-8H,2-5H2,1H3. The first-order valence-corrected chi connectivity index (χ1v) is 3.69. The van der Waals surface area contributed by atoms with Crippen LogP contribution in [-0.2, 0) is 0 Å². The number of nitrogens with zero attached hydrogens (tertiary/aromatic N) is 1. The van der Waals surface area contributed by atoms with E-state index in [0.29, 0.717) is 6.04 Å². The topological polar surface area (TPSA) is 36.2 Å². The predicted octanol–water partition coefficient (Wildman–Crippen LogP) is 2.60. The van der Waals surface area contributed by atoms with Crippen molar-refractivity contribution in [2.45, 2.75) is 38.6 Å². The highest BCUT2D eigenvalue weighted by Gasteiger charge is 2.16. The Balaban J connectivity index is 2.26. The third-order valence-electron chi connectivity index (χ3n) is 2.17. The SMILES string of the molecule is CC1CCC(N=N)CC1. The lowest BCUT2D eigenvalue weighted by atomic mass is 9.88. The Bertz CT molecular complexity index is 93.1. The van der Waals surface area contributed by atoms with Crippen molar-refractivity contribution in [2.24, 2.45) is 11.0 Å². The quantitative estimate of drug-likeness (QED) is 0.524. The van der Waals surface area contributed by atoms with Gasteiger partial charge >= 0.3 is 0 Å². The molecule has 0 aromatic heterocycles. The lowest BCUT2D eigenvalue weighted by Crippen LogP contribution is -2.14. The molecule has 0 atom stereocenters. The maximum absolute atomic E-state index is 6.79. The lowest BCUT2D eigenvalue weighted by molar-refractivity contribution is 0.339. The summed E-state index contributed by atoms with van der Waals surface area (Å²) in [5.41, 5.74) is 6.79. The van der Waals surface area contributed by atoms with Gasteiger partial charge in [0.05, 0.1) is 6.04 Å². The van der Waals surface area contributed by atoms with Gasteiger partial charge in [0.2, 0.25) is 0 Å². The molecule has 0 bridgehead atoms. The molecule has 0 radical (unpaired) electrons. The molecular weight excluding hydrogens is 112 g/mol. The molecule has 9 heavy (non-hydrogen) atoms. The first-order chi connectivity index (χ1) is 4.33. The van der Waals surface area contributed by atoms with E-state index in [0.717, 1.165) is 18.8 Å². The van der Waals surface area contributed by atoms with Crippen LogP contribution in [0.25, 0.3) is 0 Å². The van der Waals surface area contributed by atoms with E-state index in [1.807, 2.05) is 0 Å². The molecule has 0 aromatic rings. The van der Waals surface area contributed by atoms with Crippen LogP contribution < -0.4 is 0 Å². The minimum atomic E-state index is 0.362. The van der Waals surface area contributed by atoms with Gasteiger partial charge in [-0.1, -0.05) is 6.92 Å². The lowest BCUT2D eigenvalue weighted by Gasteiger charge is -2.21. The van der Waals surface area contributed by atoms with Crippen molar-refractivity contribution < 1.29 is 0 Å². The van der Waals surface area contributed by atoms with Crippen LogP contribution in [-0.4, -0.2) is 6.04 Å². The Morgan fingerprint density at radius 3 is 2.22 bits per heavy atom. The van der Waals surface area contributed by atoms with Crippen LogP contribution in [0.15, 0.2) is 5.11 Å². The summed E-state index contributed by atoms with van der Waals surface area (Å²) in [4.78, 5) is 0. The van der Waals surface area contributed by atoms with E-state index in [1.54, 1.807) is 0 Å². The predicted molar refractivity (Wildman–Crippen MR) is 36.6 cm³/mol. The van der Waals surface area contributed by atoms with Crippen LogP contribution in [0, 0.1) is 11.4 Å². The molecule has 52 valence electrons. The molecule has 1 rings (SSSR count). The molecule has 0 heterocycles. The average Bonchev–Trinajstić information content (AvgIpc) is 1.90. The van der Waals surface area contributed by atoms with E-state index >= 15 is 0 Å². The van der Waals surface area contributed by atoms with Gasteiger partial charge < -0.3 is 0 Å². The van der Waals surface area contributed by atoms with Crippen molar-refractivity contribution >= 4 is 0 Å². The van der Waals surface area contributed by atoms with E-state index in [9.17, 15) is 0 Å². The zero-order valence-electron chi connectivity index (χ0n) is 5.93. The highest BCUT2D eigenvalue weighted by atomic mass is 15.0. The molecule has 0 spiro atoms. The van der Waals surface area contributed by atoms with Crippen LogP contribution in [0.4, 0.5) is 0 Å². The van der Waals surface area contributed by atoms with Gasteiger partial charge in [-0.3, -0.25) is 0 Å². The maximum atomic E-state index is 6.79. The largest absolute Gasteiger partial charge is 0.210 e. The maximum Gasteiger partial charge on any atom is 0.0706 e. The molecule has 1 aliphatic carbocycles. The monoisotopic (exact) mass is 126 g/mol. The molecular formula is C7H14N2. The summed E-state index contributed by atoms with van der Waals surface area (Å²) in [5.74, 6) is 0.878. The second-order valence-corrected chi connectivity index (χ2v) is 3.04. The molecule has 0 aromatic carbocycles. The van der Waals surface area contributed by atoms with Crippen molar-refractivity contribution in [1.82, 2.24) is 0 Å². The van der Waals surface area contributed by atoms with Crippen LogP contribution in [0.5, 0.6) is 0 Å². The van der Waals surface area contributed by atoms with Gasteiger partial charge in [-0.25, -0.2) is 5.53 Å². The summed E-state index contributed by atoms with van der Waals surface area (Å²) >= 11 is 0. The molecule has 1 fully saturated rings. The van der Waals surface area contributed by atoms with Gasteiger partial charge in [-0.2, -0.15) is 5.11 Å². The second-order valence-electron chi connectivity index (χ2n) is 3.04. The van der Waals surface area contributed by atoms with Crippen molar-refractivity contribution in [1.29, 1.82) is 5.53 Å². The Kier molecular flexibility index (Phi) is 2.20. The van der Waals surface area contributed by atoms with E-state index < -0.39 is 0 Å². The number of hydrogen-bond acceptors (Lipinski definition) is 2. The Labute approximate surface area is 56.2 Å². The van der Waals surface area contributed by atoms with E-state index in [1.165, 1.54) is 12.8 Å². The van der Waals surface area contributed by atoms with Crippen molar-refractivity contribution in [2.75, 3.05) is 0 Å². The number of nitrogens with one attached hydrogen (secondary N) is 1. The summed E-state index contributed by atoms with van der Waals surface area (Å²) in [6, 6.07) is 0.362. The molecule has 0 aliphatic heterocycles. The molecule has 1 aliphatic rings. The fraction of sp³-hybridized carbons (Fsp3) is 1.00. The molecule has 2 nitrogen and oxygen atoms in total. The smallest absolute Gasteiger partial charge is 0.0706 e. The van der Waals surface area contributed by atoms with E-state index in [-0.39, 0.29) is 0 Å². The van der Waals surface area contributed by atoms with Gasteiger partial charge in [-0.15, -0.1) is 0 Å². The van der Waals surface area contributed by atoms with Crippen LogP contribution in [0.1, 0.15) is 32.6 Å². The molecule has 0 unspecified atom stereocenters. The van der Waals surface area contributed by atoms with Crippen LogP contribution in [0.2, 0.25) is 0 Å². The Hall–Kier alpha value is -0.400. The Morgan fingerprint density at radius 1 is 1.22 bits per heavy atom. The first-order valence-electron chi connectivity index (χ1n) is 3.69. The summed E-state index contributed by atoms with van der Waals surface area (Å²) in [6.45, 7) is 2.28. The molecule has 2 heteroatoms. The van der Waals surface area contributed by atoms with E-state index in [4.69, 9.17) is 5.53 Å². The van der Waals surface area contributed by atoms with Gasteiger partial charge in [-0.05, 0) is 31.6 Å². The summed E-state index contributed by atoms with van der Waals surface area (Å²) < 4.78 is 0. The number of rotatable bonds is 1. The molecule has 1 N–H and O–H groups in total. The molecule has 0 amide bonds. The second kappa shape index (κ2) is 2.95. The summed E-state index contributed by atoms with van der Waals surface area (Å²) in [7, 11) is 0. The average molecular weight is 126 g/mol. The zero-order valence-corrected chi connectivity index (χ0v) is 5.93. The minimum absolute atomic E-state index is 0.362. The van der Waals surface area contributed by atoms with Crippen LogP contribution in [0.3, 0.4) is 0 Å². The third kappa shape index (κ3) is 1.77. The molecule has 0 saturated heterocycles. The minimum Gasteiger partial charge on any atom is -0.210 e. The molecule has 1 saturated carbocycles. The van der Waals surface area contributed by atoms with E-state index in [2.05, 4.69) is 12.0 Å². The fourth-order valence-electron chi connectivity index (χ4n) is 1.37. The van der Waals surface area contributed by atoms with Crippen molar-refractivity contribution in [3.8, 4) is 0 Å². The highest BCUT2D eigenvalue weighted by Crippen LogP contribution is 2.24. The summed E-state index contributed by atoms with van der Waals surface area (Å²) in [5, 5.41) is 3.53. The fourth-order valence-corrected chi connectivity index (χ4v) is 1.37. The van der Waals surface area contributed by atoms with Crippen molar-refractivity contribution in [3.05, 3.63) is 0 Å². The van der Waals surface area contributed by atoms with Gasteiger partial charge in [0.25, 0.3) is 0 Å². The normalized spacial score (nSPS) is 36.1. The number of hydrogen-bond donors (Lipinski definition) is 1. The van der Waals surface area contributed by atoms with Gasteiger partial charge in [0.1, 0.15) is 0 Å². The summed E-state index contributed by atoms with van der Waals surface area (Å²) in [6.07, 6.45) is 4.83. The Morgan fingerprint density at radius 2 is 1.78 bits per heavy atom.